The van der Waals surface area contributed by atoms with Crippen LogP contribution in [0.2, 0.25) is 0 Å². The summed E-state index contributed by atoms with van der Waals surface area (Å²) < 4.78 is 10.3. The molecule has 8 heteroatoms. The van der Waals surface area contributed by atoms with Crippen molar-refractivity contribution in [2.75, 3.05) is 12.7 Å². The molecule has 0 radical (unpaired) electrons. The van der Waals surface area contributed by atoms with Crippen LogP contribution in [0.4, 0.5) is 0 Å². The fourth-order valence-electron chi connectivity index (χ4n) is 0.512. The zero-order valence-electron chi connectivity index (χ0n) is 6.34. The molecule has 0 atom stereocenters. The third-order valence-corrected chi connectivity index (χ3v) is 1.90. The molecule has 0 fully saturated rings. The van der Waals surface area contributed by atoms with Gasteiger partial charge in [-0.15, -0.1) is 0 Å². The highest BCUT2D eigenvalue weighted by atomic mass is 31.2. The maximum absolute atomic E-state index is 10.3. The van der Waals surface area contributed by atoms with E-state index < -0.39 is 7.60 Å². The second kappa shape index (κ2) is 5.10. The zero-order valence-corrected chi connectivity index (χ0v) is 7.24. The summed E-state index contributed by atoms with van der Waals surface area (Å²) in [4.78, 5) is 20.3. The Labute approximate surface area is 69.4 Å². The zero-order chi connectivity index (χ0) is 9.61. The maximum Gasteiger partial charge on any atom is 0.325 e. The van der Waals surface area contributed by atoms with E-state index in [1.807, 2.05) is 0 Å². The molecular weight excluding hydrogens is 185 g/mol. The predicted octanol–water partition coefficient (Wildman–Crippen LogP) is -1.15. The van der Waals surface area contributed by atoms with Crippen LogP contribution in [0.15, 0.2) is 4.99 Å². The molecule has 0 aliphatic heterocycles. The summed E-state index contributed by atoms with van der Waals surface area (Å²) in [6, 6.07) is 0. The molecular formula is C4H12N3O4P. The summed E-state index contributed by atoms with van der Waals surface area (Å²) in [7, 11) is -3.93. The standard InChI is InChI=1S/C4H12N3O4P/c5-4(7-8)6-2-1-3-12(9,10)11/h8H,1-3H2,(H3,5,6,7)(H2,9,10,11). The molecule has 0 amide bonds. The van der Waals surface area contributed by atoms with E-state index in [2.05, 4.69) is 4.99 Å². The minimum Gasteiger partial charge on any atom is -0.368 e. The average Bonchev–Trinajstić information content (AvgIpc) is 1.96. The van der Waals surface area contributed by atoms with Gasteiger partial charge in [0, 0.05) is 6.54 Å². The number of hydrogen-bond acceptors (Lipinski definition) is 3. The molecule has 7 nitrogen and oxygen atoms in total. The molecule has 0 aromatic carbocycles. The predicted molar refractivity (Wildman–Crippen MR) is 42.9 cm³/mol. The van der Waals surface area contributed by atoms with E-state index in [0.717, 1.165) is 0 Å². The summed E-state index contributed by atoms with van der Waals surface area (Å²) in [6.45, 7) is 0.171. The fourth-order valence-corrected chi connectivity index (χ4v) is 1.06. The van der Waals surface area contributed by atoms with Gasteiger partial charge in [0.1, 0.15) is 0 Å². The number of nitrogens with two attached hydrogens (primary N) is 1. The van der Waals surface area contributed by atoms with Crippen molar-refractivity contribution in [2.24, 2.45) is 10.7 Å². The van der Waals surface area contributed by atoms with Gasteiger partial charge in [-0.05, 0) is 6.42 Å². The van der Waals surface area contributed by atoms with E-state index in [1.165, 1.54) is 0 Å². The molecule has 0 aliphatic carbocycles. The van der Waals surface area contributed by atoms with E-state index in [1.54, 1.807) is 5.48 Å². The highest BCUT2D eigenvalue weighted by Gasteiger charge is 2.10. The number of hydrogen-bond donors (Lipinski definition) is 5. The first kappa shape index (κ1) is 11.4. The molecule has 0 rings (SSSR count). The van der Waals surface area contributed by atoms with Crippen molar-refractivity contribution in [3.63, 3.8) is 0 Å². The smallest absolute Gasteiger partial charge is 0.325 e. The fraction of sp³-hybridized carbons (Fsp3) is 0.750. The minimum atomic E-state index is -3.93. The van der Waals surface area contributed by atoms with Gasteiger partial charge in [-0.2, -0.15) is 0 Å². The van der Waals surface area contributed by atoms with Crippen molar-refractivity contribution < 1.29 is 19.6 Å². The summed E-state index contributed by atoms with van der Waals surface area (Å²) in [5.41, 5.74) is 6.61. The summed E-state index contributed by atoms with van der Waals surface area (Å²) in [6.07, 6.45) is 0.00185. The molecule has 0 spiro atoms. The van der Waals surface area contributed by atoms with Gasteiger partial charge in [0.05, 0.1) is 6.16 Å². The number of hydroxylamine groups is 1. The lowest BCUT2D eigenvalue weighted by molar-refractivity contribution is 0.232. The Balaban J connectivity index is 3.52. The van der Waals surface area contributed by atoms with Gasteiger partial charge < -0.3 is 15.5 Å². The molecule has 72 valence electrons. The molecule has 0 aromatic heterocycles. The first-order chi connectivity index (χ1) is 5.45. The van der Waals surface area contributed by atoms with Crippen LogP contribution in [0.1, 0.15) is 6.42 Å². The normalized spacial score (nSPS) is 13.1. The van der Waals surface area contributed by atoms with Crippen LogP contribution < -0.4 is 11.2 Å². The topological polar surface area (TPSA) is 128 Å². The van der Waals surface area contributed by atoms with E-state index in [9.17, 15) is 4.57 Å². The summed E-state index contributed by atoms with van der Waals surface area (Å²) in [5.74, 6) is -0.166. The maximum atomic E-state index is 10.3. The molecule has 0 aromatic rings. The summed E-state index contributed by atoms with van der Waals surface area (Å²) >= 11 is 0. The van der Waals surface area contributed by atoms with Gasteiger partial charge in [0.15, 0.2) is 0 Å². The van der Waals surface area contributed by atoms with Crippen LogP contribution in [-0.4, -0.2) is 33.7 Å². The van der Waals surface area contributed by atoms with Crippen molar-refractivity contribution >= 4 is 13.6 Å². The molecule has 0 bridgehead atoms. The lowest BCUT2D eigenvalue weighted by atomic mass is 10.5. The van der Waals surface area contributed by atoms with E-state index in [0.29, 0.717) is 0 Å². The third kappa shape index (κ3) is 7.49. The van der Waals surface area contributed by atoms with E-state index >= 15 is 0 Å². The van der Waals surface area contributed by atoms with Crippen LogP contribution in [0.5, 0.6) is 0 Å². The quantitative estimate of drug-likeness (QED) is 0.127. The first-order valence-electron chi connectivity index (χ1n) is 3.20. The van der Waals surface area contributed by atoms with Gasteiger partial charge in [0.2, 0.25) is 5.96 Å². The molecule has 0 heterocycles. The molecule has 0 saturated carbocycles. The number of guanidine groups is 1. The largest absolute Gasteiger partial charge is 0.368 e. The highest BCUT2D eigenvalue weighted by molar-refractivity contribution is 7.51. The first-order valence-corrected chi connectivity index (χ1v) is 5.00. The number of aliphatic imine (C=N–C) groups is 1. The summed E-state index contributed by atoms with van der Waals surface area (Å²) in [5, 5.41) is 8.13. The lowest BCUT2D eigenvalue weighted by Gasteiger charge is -2.01. The average molecular weight is 197 g/mol. The molecule has 12 heavy (non-hydrogen) atoms. The van der Waals surface area contributed by atoms with E-state index in [4.69, 9.17) is 20.7 Å². The Morgan fingerprint density at radius 2 is 2.17 bits per heavy atom. The Hall–Kier alpha value is -0.620. The Kier molecular flexibility index (Phi) is 4.84. The van der Waals surface area contributed by atoms with Crippen molar-refractivity contribution in [3.05, 3.63) is 0 Å². The van der Waals surface area contributed by atoms with Crippen LogP contribution in [0, 0.1) is 0 Å². The van der Waals surface area contributed by atoms with Gasteiger partial charge >= 0.3 is 7.60 Å². The van der Waals surface area contributed by atoms with Crippen molar-refractivity contribution in [1.29, 1.82) is 0 Å². The Morgan fingerprint density at radius 3 is 2.58 bits per heavy atom. The molecule has 0 saturated heterocycles. The van der Waals surface area contributed by atoms with Gasteiger partial charge in [-0.25, -0.2) is 5.48 Å². The Morgan fingerprint density at radius 1 is 1.58 bits per heavy atom. The lowest BCUT2D eigenvalue weighted by Crippen LogP contribution is -2.28. The van der Waals surface area contributed by atoms with Crippen molar-refractivity contribution in [2.45, 2.75) is 6.42 Å². The van der Waals surface area contributed by atoms with Gasteiger partial charge in [0.25, 0.3) is 0 Å². The number of nitrogens with one attached hydrogen (secondary N) is 1. The SMILES string of the molecule is NC(=NCCCP(=O)(O)O)NO. The minimum absolute atomic E-state index is 0.166. The molecule has 0 unspecified atom stereocenters. The second-order valence-electron chi connectivity index (χ2n) is 2.12. The van der Waals surface area contributed by atoms with Gasteiger partial charge in [-0.1, -0.05) is 0 Å². The van der Waals surface area contributed by atoms with Gasteiger partial charge in [-0.3, -0.25) is 14.8 Å². The third-order valence-electron chi connectivity index (χ3n) is 1.00. The van der Waals surface area contributed by atoms with E-state index in [-0.39, 0.29) is 25.1 Å². The van der Waals surface area contributed by atoms with Crippen LogP contribution in [-0.2, 0) is 4.57 Å². The van der Waals surface area contributed by atoms with Crippen LogP contribution in [0.25, 0.3) is 0 Å². The second-order valence-corrected chi connectivity index (χ2v) is 3.90. The van der Waals surface area contributed by atoms with Crippen molar-refractivity contribution in [3.8, 4) is 0 Å². The Bertz CT molecular complexity index is 200. The van der Waals surface area contributed by atoms with Crippen molar-refractivity contribution in [1.82, 2.24) is 5.48 Å². The number of rotatable bonds is 4. The van der Waals surface area contributed by atoms with Crippen LogP contribution in [0.3, 0.4) is 0 Å². The van der Waals surface area contributed by atoms with Crippen LogP contribution >= 0.6 is 7.60 Å². The molecule has 0 aliphatic rings. The number of nitrogens with zero attached hydrogens (tertiary/aromatic N) is 1. The molecule has 6 N–H and O–H groups in total. The monoisotopic (exact) mass is 197 g/mol. The highest BCUT2D eigenvalue weighted by Crippen LogP contribution is 2.34.